The van der Waals surface area contributed by atoms with Crippen molar-refractivity contribution < 1.29 is 42.1 Å². The van der Waals surface area contributed by atoms with Gasteiger partial charge >= 0.3 is 11.9 Å². The molecule has 0 fully saturated rings. The molecule has 2 unspecified atom stereocenters. The number of likely N-dealkylation sites (N-methyl/N-ethyl adjacent to an activating group) is 1. The maximum absolute atomic E-state index is 12.9. The van der Waals surface area contributed by atoms with Crippen LogP contribution in [0.3, 0.4) is 0 Å². The van der Waals surface area contributed by atoms with E-state index in [2.05, 4.69) is 148 Å². The number of quaternary nitrogens is 1. The van der Waals surface area contributed by atoms with Crippen molar-refractivity contribution in [1.82, 2.24) is 0 Å². The summed E-state index contributed by atoms with van der Waals surface area (Å²) in [5, 5.41) is 0. The highest BCUT2D eigenvalue weighted by Gasteiger charge is 2.22. The molecule has 0 N–H and O–H groups in total. The lowest BCUT2D eigenvalue weighted by molar-refractivity contribution is -0.870. The number of phosphoric ester groups is 1. The molecule has 0 saturated heterocycles. The molecule has 2 atom stereocenters. The van der Waals surface area contributed by atoms with Crippen LogP contribution < -0.4 is 4.89 Å². The number of esters is 2. The Bertz CT molecular complexity index is 2260. The van der Waals surface area contributed by atoms with E-state index >= 15 is 0 Å². The van der Waals surface area contributed by atoms with Gasteiger partial charge in [0.2, 0.25) is 0 Å². The van der Waals surface area contributed by atoms with E-state index < -0.39 is 26.5 Å². The smallest absolute Gasteiger partial charge is 0.306 e. The van der Waals surface area contributed by atoms with Gasteiger partial charge in [-0.1, -0.05) is 424 Å². The van der Waals surface area contributed by atoms with E-state index in [-0.39, 0.29) is 32.0 Å². The molecule has 10 heteroatoms. The minimum absolute atomic E-state index is 0.0309. The van der Waals surface area contributed by atoms with E-state index in [0.29, 0.717) is 17.4 Å². The van der Waals surface area contributed by atoms with Crippen LogP contribution in [0.1, 0.15) is 412 Å². The van der Waals surface area contributed by atoms with Gasteiger partial charge in [0.25, 0.3) is 7.82 Å². The molecule has 0 spiro atoms. The van der Waals surface area contributed by atoms with Gasteiger partial charge in [0.15, 0.2) is 6.10 Å². The number of rotatable bonds is 83. The molecule has 0 saturated carbocycles. The van der Waals surface area contributed by atoms with Crippen molar-refractivity contribution in [2.45, 2.75) is 418 Å². The highest BCUT2D eigenvalue weighted by molar-refractivity contribution is 7.45. The molecule has 0 aromatic carbocycles. The Kier molecular flexibility index (Phi) is 82.1. The summed E-state index contributed by atoms with van der Waals surface area (Å²) < 4.78 is 34.5. The van der Waals surface area contributed by atoms with Crippen molar-refractivity contribution in [3.8, 4) is 0 Å². The summed E-state index contributed by atoms with van der Waals surface area (Å²) in [6, 6.07) is 0. The van der Waals surface area contributed by atoms with Crippen molar-refractivity contribution >= 4 is 19.8 Å². The first-order valence-corrected chi connectivity index (χ1v) is 46.4. The van der Waals surface area contributed by atoms with Gasteiger partial charge in [-0.3, -0.25) is 14.2 Å². The molecule has 0 aliphatic rings. The zero-order chi connectivity index (χ0) is 76.8. The van der Waals surface area contributed by atoms with Gasteiger partial charge in [-0.05, 0) is 109 Å². The summed E-state index contributed by atoms with van der Waals surface area (Å²) in [6.45, 7) is 4.07. The fourth-order valence-electron chi connectivity index (χ4n) is 12.9. The quantitative estimate of drug-likeness (QED) is 0.0195. The minimum Gasteiger partial charge on any atom is -0.756 e. The summed E-state index contributed by atoms with van der Waals surface area (Å²) in [5.74, 6) is -0.813. The second kappa shape index (κ2) is 85.2. The van der Waals surface area contributed by atoms with Crippen LogP contribution in [-0.2, 0) is 32.7 Å². The van der Waals surface area contributed by atoms with E-state index in [4.69, 9.17) is 18.5 Å². The Morgan fingerprint density at radius 3 is 0.755 bits per heavy atom. The van der Waals surface area contributed by atoms with Gasteiger partial charge in [-0.2, -0.15) is 0 Å². The molecule has 106 heavy (non-hydrogen) atoms. The number of carbonyl (C=O) groups is 2. The number of hydrogen-bond donors (Lipinski definition) is 0. The largest absolute Gasteiger partial charge is 0.756 e. The summed E-state index contributed by atoms with van der Waals surface area (Å²) in [5.41, 5.74) is 0. The molecule has 0 aromatic heterocycles. The van der Waals surface area contributed by atoms with Gasteiger partial charge in [-0.25, -0.2) is 0 Å². The molecule has 0 bridgehead atoms. The molecule has 0 radical (unpaired) electrons. The third kappa shape index (κ3) is 89.0. The third-order valence-corrected chi connectivity index (χ3v) is 20.6. The van der Waals surface area contributed by atoms with Crippen molar-refractivity contribution in [1.29, 1.82) is 0 Å². The number of carbonyl (C=O) groups excluding carboxylic acids is 2. The molecule has 0 rings (SSSR count). The van der Waals surface area contributed by atoms with Crippen LogP contribution in [0.25, 0.3) is 0 Å². The monoisotopic (exact) mass is 1500 g/mol. The molecule has 0 aromatic rings. The van der Waals surface area contributed by atoms with Crippen LogP contribution in [0.4, 0.5) is 0 Å². The van der Waals surface area contributed by atoms with E-state index in [1.54, 1.807) is 0 Å². The lowest BCUT2D eigenvalue weighted by Gasteiger charge is -2.28. The van der Waals surface area contributed by atoms with Gasteiger partial charge < -0.3 is 27.9 Å². The number of phosphoric acid groups is 1. The van der Waals surface area contributed by atoms with Crippen molar-refractivity contribution in [2.24, 2.45) is 0 Å². The van der Waals surface area contributed by atoms with Crippen molar-refractivity contribution in [3.63, 3.8) is 0 Å². The van der Waals surface area contributed by atoms with Gasteiger partial charge in [0.05, 0.1) is 27.7 Å². The highest BCUT2D eigenvalue weighted by Crippen LogP contribution is 2.38. The Labute approximate surface area is 657 Å². The molecule has 612 valence electrons. The molecule has 0 aliphatic heterocycles. The third-order valence-electron chi connectivity index (χ3n) is 19.7. The van der Waals surface area contributed by atoms with Crippen LogP contribution in [0, 0.1) is 0 Å². The molecule has 9 nitrogen and oxygen atoms in total. The lowest BCUT2D eigenvalue weighted by Crippen LogP contribution is -2.37. The van der Waals surface area contributed by atoms with Crippen LogP contribution in [0.5, 0.6) is 0 Å². The lowest BCUT2D eigenvalue weighted by atomic mass is 10.0. The fourth-order valence-corrected chi connectivity index (χ4v) is 13.7. The van der Waals surface area contributed by atoms with Crippen LogP contribution in [0.2, 0.25) is 0 Å². The predicted molar refractivity (Wildman–Crippen MR) is 461 cm³/mol. The van der Waals surface area contributed by atoms with E-state index in [0.717, 1.165) is 109 Å². The number of unbranched alkanes of at least 4 members (excludes halogenated alkanes) is 47. The first-order valence-electron chi connectivity index (χ1n) is 44.9. The first-order chi connectivity index (χ1) is 52.0. The predicted octanol–water partition coefficient (Wildman–Crippen LogP) is 30.0. The average Bonchev–Trinajstić information content (AvgIpc) is 0.908. The topological polar surface area (TPSA) is 111 Å². The number of nitrogens with zero attached hydrogens (tertiary/aromatic N) is 1. The molecular weight excluding hydrogens is 1330 g/mol. The molecule has 0 heterocycles. The van der Waals surface area contributed by atoms with E-state index in [1.165, 1.54) is 270 Å². The summed E-state index contributed by atoms with van der Waals surface area (Å²) >= 11 is 0. The number of hydrogen-bond acceptors (Lipinski definition) is 8. The Morgan fingerprint density at radius 1 is 0.292 bits per heavy atom. The molecule has 0 aliphatic carbocycles. The molecular formula is C96H170NO8P. The average molecular weight is 1500 g/mol. The highest BCUT2D eigenvalue weighted by atomic mass is 31.2. The SMILES string of the molecule is CC/C=C\C/C=C\C/C=C\C/C=C\C/C=C\C/C=C\CCCCCCCCCCCCCCCCCCCCCCCCC(=O)OC(COC(=O)CCCCCCCCCCCCCCCCCCCCCCCCCCC/C=C\C/C=C\C/C=C\C/C=C\C/C=C\CC)COP(=O)([O-])OCC[N+](C)(C)C. The standard InChI is InChI=1S/C96H170NO8P/c1-6-8-10-12-14-16-18-20-22-24-26-28-30-32-34-36-38-40-42-44-46-48-50-52-54-56-58-60-62-64-66-68-70-72-74-76-78-80-82-84-86-88-95(98)102-92-94(93-104-106(100,101)103-91-90-97(3,4)5)105-96(99)89-87-85-83-81-79-77-75-73-71-69-67-65-63-61-59-57-55-53-51-49-47-45-43-41-39-37-35-33-31-29-27-25-23-21-19-17-15-13-11-9-7-2/h8-11,14-17,20-23,26-29,32-35,39,41,94H,6-7,12-13,18-19,24-25,30-31,36-38,40,42-93H2,1-5H3/b10-8-,11-9-,16-14-,17-15-,22-20-,23-21-,28-26-,29-27-,34-32-,35-33-,41-39-. The number of ether oxygens (including phenoxy) is 2. The van der Waals surface area contributed by atoms with Crippen molar-refractivity contribution in [2.75, 3.05) is 47.5 Å². The van der Waals surface area contributed by atoms with Crippen LogP contribution in [-0.4, -0.2) is 70.0 Å². The summed E-state index contributed by atoms with van der Waals surface area (Å²) in [6.07, 6.45) is 125. The van der Waals surface area contributed by atoms with Gasteiger partial charge in [-0.15, -0.1) is 0 Å². The molecule has 0 amide bonds. The zero-order valence-electron chi connectivity index (χ0n) is 70.1. The van der Waals surface area contributed by atoms with Crippen LogP contribution >= 0.6 is 7.82 Å². The second-order valence-electron chi connectivity index (χ2n) is 31.2. The Morgan fingerprint density at radius 2 is 0.509 bits per heavy atom. The van der Waals surface area contributed by atoms with E-state index in [9.17, 15) is 19.0 Å². The maximum Gasteiger partial charge on any atom is 0.306 e. The summed E-state index contributed by atoms with van der Waals surface area (Å²) in [4.78, 5) is 38.3. The van der Waals surface area contributed by atoms with Crippen molar-refractivity contribution in [3.05, 3.63) is 134 Å². The normalized spacial score (nSPS) is 13.6. The van der Waals surface area contributed by atoms with Crippen LogP contribution in [0.15, 0.2) is 134 Å². The van der Waals surface area contributed by atoms with E-state index in [1.807, 2.05) is 21.1 Å². The number of allylic oxidation sites excluding steroid dienone is 22. The second-order valence-corrected chi connectivity index (χ2v) is 32.6. The first kappa shape index (κ1) is 102. The Hall–Kier alpha value is -3.85. The van der Waals surface area contributed by atoms with Gasteiger partial charge in [0, 0.05) is 12.8 Å². The van der Waals surface area contributed by atoms with Gasteiger partial charge in [0.1, 0.15) is 19.8 Å². The Balaban J connectivity index is 3.87. The maximum atomic E-state index is 12.9. The summed E-state index contributed by atoms with van der Waals surface area (Å²) in [7, 11) is 1.18. The minimum atomic E-state index is -4.65. The zero-order valence-corrected chi connectivity index (χ0v) is 71.0. The fraction of sp³-hybridized carbons (Fsp3) is 0.750.